The van der Waals surface area contributed by atoms with Crippen LogP contribution in [-0.4, -0.2) is 35.4 Å². The molecule has 1 heterocycles. The fourth-order valence-electron chi connectivity index (χ4n) is 1.79. The maximum atomic E-state index is 12.3. The molecule has 0 spiro atoms. The Kier molecular flexibility index (Phi) is 5.62. The molecule has 0 saturated carbocycles. The first-order chi connectivity index (χ1) is 8.58. The molecule has 0 saturated heterocycles. The largest absolute Gasteiger partial charge is 0.370 e. The third-order valence-corrected chi connectivity index (χ3v) is 2.58. The number of rotatable bonds is 6. The predicted octanol–water partition coefficient (Wildman–Crippen LogP) is 2.63. The average molecular weight is 249 g/mol. The summed E-state index contributed by atoms with van der Waals surface area (Å²) in [7, 11) is 0. The van der Waals surface area contributed by atoms with Crippen molar-refractivity contribution in [3.63, 3.8) is 0 Å². The Labute approximate surface area is 109 Å². The van der Waals surface area contributed by atoms with E-state index in [0.29, 0.717) is 18.2 Å². The smallest absolute Gasteiger partial charge is 0.272 e. The van der Waals surface area contributed by atoms with Gasteiger partial charge in [0.25, 0.3) is 5.91 Å². The second-order valence-corrected chi connectivity index (χ2v) is 4.68. The second-order valence-electron chi connectivity index (χ2n) is 4.68. The van der Waals surface area contributed by atoms with E-state index in [4.69, 9.17) is 0 Å². The number of anilines is 1. The Hall–Kier alpha value is -1.58. The molecule has 4 nitrogen and oxygen atoms in total. The van der Waals surface area contributed by atoms with E-state index >= 15 is 0 Å². The van der Waals surface area contributed by atoms with Gasteiger partial charge in [-0.05, 0) is 31.9 Å². The molecule has 100 valence electrons. The van der Waals surface area contributed by atoms with E-state index in [-0.39, 0.29) is 5.91 Å². The molecule has 1 N–H and O–H groups in total. The summed E-state index contributed by atoms with van der Waals surface area (Å²) in [4.78, 5) is 18.5. The third kappa shape index (κ3) is 4.02. The van der Waals surface area contributed by atoms with E-state index < -0.39 is 0 Å². The van der Waals surface area contributed by atoms with Crippen molar-refractivity contribution in [2.75, 3.05) is 25.0 Å². The zero-order chi connectivity index (χ0) is 13.5. The van der Waals surface area contributed by atoms with Gasteiger partial charge in [0, 0.05) is 19.6 Å². The van der Waals surface area contributed by atoms with E-state index in [1.165, 1.54) is 0 Å². The van der Waals surface area contributed by atoms with Gasteiger partial charge in [0.2, 0.25) is 0 Å². The maximum Gasteiger partial charge on any atom is 0.272 e. The van der Waals surface area contributed by atoms with Crippen LogP contribution in [-0.2, 0) is 0 Å². The number of nitrogens with one attached hydrogen (secondary N) is 1. The molecule has 0 radical (unpaired) electrons. The zero-order valence-corrected chi connectivity index (χ0v) is 11.7. The molecule has 1 amide bonds. The highest BCUT2D eigenvalue weighted by Gasteiger charge is 2.16. The molecular formula is C14H23N3O. The fourth-order valence-corrected chi connectivity index (χ4v) is 1.79. The number of amides is 1. The number of hydrogen-bond donors (Lipinski definition) is 1. The van der Waals surface area contributed by atoms with Gasteiger partial charge in [-0.2, -0.15) is 0 Å². The van der Waals surface area contributed by atoms with Crippen LogP contribution in [0.2, 0.25) is 0 Å². The molecule has 0 aliphatic heterocycles. The van der Waals surface area contributed by atoms with E-state index in [0.717, 1.165) is 18.9 Å². The first-order valence-corrected chi connectivity index (χ1v) is 6.58. The van der Waals surface area contributed by atoms with Gasteiger partial charge < -0.3 is 10.2 Å². The number of nitrogens with zero attached hydrogens (tertiary/aromatic N) is 2. The Bertz CT molecular complexity index is 390. The molecule has 18 heavy (non-hydrogen) atoms. The predicted molar refractivity (Wildman–Crippen MR) is 74.8 cm³/mol. The highest BCUT2D eigenvalue weighted by molar-refractivity contribution is 5.92. The first kappa shape index (κ1) is 14.5. The van der Waals surface area contributed by atoms with Crippen molar-refractivity contribution in [3.05, 3.63) is 23.9 Å². The van der Waals surface area contributed by atoms with E-state index in [9.17, 15) is 4.79 Å². The van der Waals surface area contributed by atoms with Crippen molar-refractivity contribution in [2.24, 2.45) is 5.92 Å². The van der Waals surface area contributed by atoms with Crippen molar-refractivity contribution >= 4 is 11.7 Å². The molecular weight excluding hydrogens is 226 g/mol. The monoisotopic (exact) mass is 249 g/mol. The van der Waals surface area contributed by atoms with Crippen LogP contribution in [0.5, 0.6) is 0 Å². The van der Waals surface area contributed by atoms with Crippen LogP contribution in [0.1, 0.15) is 38.2 Å². The molecule has 0 bridgehead atoms. The van der Waals surface area contributed by atoms with Crippen LogP contribution in [0.3, 0.4) is 0 Å². The second kappa shape index (κ2) is 6.99. The first-order valence-electron chi connectivity index (χ1n) is 6.58. The molecule has 0 unspecified atom stereocenters. The molecule has 4 heteroatoms. The minimum atomic E-state index is 0.00551. The standard InChI is InChI=1S/C14H23N3O/c1-5-15-13-9-7-8-12(16-13)14(18)17(6-2)10-11(3)4/h7-9,11H,5-6,10H2,1-4H3,(H,15,16). The van der Waals surface area contributed by atoms with E-state index in [1.807, 2.05) is 30.9 Å². The van der Waals surface area contributed by atoms with Crippen molar-refractivity contribution in [1.82, 2.24) is 9.88 Å². The number of hydrogen-bond acceptors (Lipinski definition) is 3. The minimum Gasteiger partial charge on any atom is -0.370 e. The number of pyridine rings is 1. The topological polar surface area (TPSA) is 45.2 Å². The van der Waals surface area contributed by atoms with Gasteiger partial charge in [0.1, 0.15) is 11.5 Å². The van der Waals surface area contributed by atoms with Gasteiger partial charge in [-0.1, -0.05) is 19.9 Å². The van der Waals surface area contributed by atoms with Crippen molar-refractivity contribution < 1.29 is 4.79 Å². The molecule has 1 aromatic heterocycles. The van der Waals surface area contributed by atoms with Gasteiger partial charge in [-0.25, -0.2) is 4.98 Å². The highest BCUT2D eigenvalue weighted by atomic mass is 16.2. The number of aromatic nitrogens is 1. The lowest BCUT2D eigenvalue weighted by Gasteiger charge is -2.22. The average Bonchev–Trinajstić information content (AvgIpc) is 2.35. The van der Waals surface area contributed by atoms with Crippen molar-refractivity contribution in [2.45, 2.75) is 27.7 Å². The summed E-state index contributed by atoms with van der Waals surface area (Å²) in [5, 5.41) is 3.12. The summed E-state index contributed by atoms with van der Waals surface area (Å²) >= 11 is 0. The van der Waals surface area contributed by atoms with E-state index in [1.54, 1.807) is 6.07 Å². The van der Waals surface area contributed by atoms with Crippen LogP contribution in [0, 0.1) is 5.92 Å². The fraction of sp³-hybridized carbons (Fsp3) is 0.571. The van der Waals surface area contributed by atoms with Gasteiger partial charge in [-0.3, -0.25) is 4.79 Å². The van der Waals surface area contributed by atoms with Gasteiger partial charge >= 0.3 is 0 Å². The SMILES string of the molecule is CCNc1cccc(C(=O)N(CC)CC(C)C)n1. The molecule has 0 aromatic carbocycles. The summed E-state index contributed by atoms with van der Waals surface area (Å²) in [5.41, 5.74) is 0.510. The lowest BCUT2D eigenvalue weighted by Crippen LogP contribution is -2.34. The van der Waals surface area contributed by atoms with Gasteiger partial charge in [0.05, 0.1) is 0 Å². The lowest BCUT2D eigenvalue weighted by molar-refractivity contribution is 0.0740. The van der Waals surface area contributed by atoms with Crippen LogP contribution < -0.4 is 5.32 Å². The van der Waals surface area contributed by atoms with Crippen LogP contribution in [0.25, 0.3) is 0 Å². The quantitative estimate of drug-likeness (QED) is 0.843. The Balaban J connectivity index is 2.84. The Morgan fingerprint density at radius 2 is 2.11 bits per heavy atom. The van der Waals surface area contributed by atoms with Crippen molar-refractivity contribution in [3.8, 4) is 0 Å². The molecule has 0 aliphatic carbocycles. The van der Waals surface area contributed by atoms with Crippen LogP contribution in [0.15, 0.2) is 18.2 Å². The van der Waals surface area contributed by atoms with Crippen LogP contribution >= 0.6 is 0 Å². The molecule has 0 atom stereocenters. The third-order valence-electron chi connectivity index (χ3n) is 2.58. The molecule has 0 aliphatic rings. The highest BCUT2D eigenvalue weighted by Crippen LogP contribution is 2.09. The molecule has 0 fully saturated rings. The van der Waals surface area contributed by atoms with E-state index in [2.05, 4.69) is 24.1 Å². The summed E-state index contributed by atoms with van der Waals surface area (Å²) < 4.78 is 0. The summed E-state index contributed by atoms with van der Waals surface area (Å²) in [5.74, 6) is 1.22. The zero-order valence-electron chi connectivity index (χ0n) is 11.7. The number of carbonyl (C=O) groups is 1. The summed E-state index contributed by atoms with van der Waals surface area (Å²) in [6.07, 6.45) is 0. The van der Waals surface area contributed by atoms with Gasteiger partial charge in [-0.15, -0.1) is 0 Å². The Morgan fingerprint density at radius 3 is 2.67 bits per heavy atom. The Morgan fingerprint density at radius 1 is 1.39 bits per heavy atom. The molecule has 1 aromatic rings. The van der Waals surface area contributed by atoms with Crippen molar-refractivity contribution in [1.29, 1.82) is 0 Å². The normalized spacial score (nSPS) is 10.5. The number of carbonyl (C=O) groups excluding carboxylic acids is 1. The summed E-state index contributed by atoms with van der Waals surface area (Å²) in [6.45, 7) is 10.5. The minimum absolute atomic E-state index is 0.00551. The maximum absolute atomic E-state index is 12.3. The van der Waals surface area contributed by atoms with Crippen LogP contribution in [0.4, 0.5) is 5.82 Å². The summed E-state index contributed by atoms with van der Waals surface area (Å²) in [6, 6.07) is 5.51. The van der Waals surface area contributed by atoms with Gasteiger partial charge in [0.15, 0.2) is 0 Å². The lowest BCUT2D eigenvalue weighted by atomic mass is 10.2. The molecule has 1 rings (SSSR count).